The zero-order valence-electron chi connectivity index (χ0n) is 11.2. The van der Waals surface area contributed by atoms with E-state index in [1.54, 1.807) is 26.4 Å². The Kier molecular flexibility index (Phi) is 6.21. The van der Waals surface area contributed by atoms with Crippen LogP contribution in [0.25, 0.3) is 0 Å². The van der Waals surface area contributed by atoms with E-state index < -0.39 is 0 Å². The lowest BCUT2D eigenvalue weighted by Crippen LogP contribution is -2.05. The fourth-order valence-corrected chi connectivity index (χ4v) is 1.37. The van der Waals surface area contributed by atoms with Gasteiger partial charge in [0.05, 0.1) is 26.0 Å². The second kappa shape index (κ2) is 7.97. The van der Waals surface area contributed by atoms with E-state index in [4.69, 9.17) is 19.0 Å². The molecule has 0 amide bonds. The Bertz CT molecular complexity index is 422. The fraction of sp³-hybridized carbons (Fsp3) is 0.385. The molecule has 6 heteroatoms. The van der Waals surface area contributed by atoms with E-state index in [1.165, 1.54) is 13.1 Å². The molecule has 0 aromatic heterocycles. The first kappa shape index (κ1) is 14.8. The van der Waals surface area contributed by atoms with Gasteiger partial charge in [0.15, 0.2) is 6.61 Å². The van der Waals surface area contributed by atoms with Crippen LogP contribution in [0.1, 0.15) is 12.5 Å². The summed E-state index contributed by atoms with van der Waals surface area (Å²) in [7, 11) is 3.13. The molecule has 19 heavy (non-hydrogen) atoms. The molecule has 0 bridgehead atoms. The van der Waals surface area contributed by atoms with Gasteiger partial charge < -0.3 is 19.0 Å². The van der Waals surface area contributed by atoms with Gasteiger partial charge in [-0.15, -0.1) is 0 Å². The number of carbonyl (C=O) groups excluding carboxylic acids is 1. The molecule has 0 radical (unpaired) electrons. The van der Waals surface area contributed by atoms with Gasteiger partial charge in [-0.3, -0.25) is 4.79 Å². The van der Waals surface area contributed by atoms with Crippen LogP contribution in [0.3, 0.4) is 0 Å². The highest BCUT2D eigenvalue weighted by Crippen LogP contribution is 2.26. The van der Waals surface area contributed by atoms with Gasteiger partial charge in [0.2, 0.25) is 0 Å². The van der Waals surface area contributed by atoms with Crippen LogP contribution >= 0.6 is 0 Å². The summed E-state index contributed by atoms with van der Waals surface area (Å²) in [5, 5.41) is 3.78. The Morgan fingerprint density at radius 2 is 1.84 bits per heavy atom. The molecule has 0 heterocycles. The van der Waals surface area contributed by atoms with Crippen molar-refractivity contribution in [3.63, 3.8) is 0 Å². The number of ether oxygens (including phenoxy) is 3. The maximum Gasteiger partial charge on any atom is 0.302 e. The van der Waals surface area contributed by atoms with Gasteiger partial charge >= 0.3 is 5.97 Å². The summed E-state index contributed by atoms with van der Waals surface area (Å²) in [6.07, 6.45) is 1.49. The Morgan fingerprint density at radius 1 is 1.21 bits per heavy atom. The minimum atomic E-state index is -0.348. The second-order valence-electron chi connectivity index (χ2n) is 3.48. The number of carbonyl (C=O) groups is 1. The average Bonchev–Trinajstić information content (AvgIpc) is 2.42. The normalized spacial score (nSPS) is 10.3. The molecule has 0 saturated carbocycles. The fourth-order valence-electron chi connectivity index (χ4n) is 1.37. The Labute approximate surface area is 111 Å². The van der Waals surface area contributed by atoms with Crippen molar-refractivity contribution in [3.05, 3.63) is 23.8 Å². The van der Waals surface area contributed by atoms with Gasteiger partial charge in [-0.05, 0) is 12.1 Å². The van der Waals surface area contributed by atoms with E-state index in [2.05, 4.69) is 5.16 Å². The second-order valence-corrected chi connectivity index (χ2v) is 3.48. The van der Waals surface area contributed by atoms with Crippen molar-refractivity contribution in [1.29, 1.82) is 0 Å². The summed E-state index contributed by atoms with van der Waals surface area (Å²) in [5.74, 6) is 0.914. The zero-order valence-corrected chi connectivity index (χ0v) is 11.2. The molecular weight excluding hydrogens is 250 g/mol. The van der Waals surface area contributed by atoms with Crippen LogP contribution < -0.4 is 9.47 Å². The maximum absolute atomic E-state index is 10.5. The molecule has 0 spiro atoms. The van der Waals surface area contributed by atoms with Crippen LogP contribution in [0.5, 0.6) is 11.5 Å². The molecule has 6 nitrogen and oxygen atoms in total. The number of nitrogens with zero attached hydrogens (tertiary/aromatic N) is 1. The minimum absolute atomic E-state index is 0.162. The maximum atomic E-state index is 10.5. The van der Waals surface area contributed by atoms with Gasteiger partial charge in [0.25, 0.3) is 0 Å². The number of benzene rings is 1. The third-order valence-electron chi connectivity index (χ3n) is 2.20. The lowest BCUT2D eigenvalue weighted by molar-refractivity contribution is -0.142. The largest absolute Gasteiger partial charge is 0.496 e. The number of hydrogen-bond acceptors (Lipinski definition) is 6. The molecule has 0 fully saturated rings. The third-order valence-corrected chi connectivity index (χ3v) is 2.20. The molecule has 0 aliphatic carbocycles. The summed E-state index contributed by atoms with van der Waals surface area (Å²) in [6.45, 7) is 1.69. The van der Waals surface area contributed by atoms with Crippen molar-refractivity contribution >= 4 is 12.2 Å². The highest BCUT2D eigenvalue weighted by molar-refractivity contribution is 5.87. The van der Waals surface area contributed by atoms with Gasteiger partial charge in [0, 0.05) is 6.92 Å². The van der Waals surface area contributed by atoms with Crippen molar-refractivity contribution in [2.24, 2.45) is 5.16 Å². The summed E-state index contributed by atoms with van der Waals surface area (Å²) in [4.78, 5) is 15.5. The van der Waals surface area contributed by atoms with Crippen molar-refractivity contribution in [2.45, 2.75) is 6.92 Å². The molecular formula is C13H17NO5. The monoisotopic (exact) mass is 267 g/mol. The summed E-state index contributed by atoms with van der Waals surface area (Å²) in [6, 6.07) is 5.40. The average molecular weight is 267 g/mol. The SMILES string of the molecule is COc1cccc(OC)c1/C=N/OCCOC(C)=O. The minimum Gasteiger partial charge on any atom is -0.496 e. The summed E-state index contributed by atoms with van der Waals surface area (Å²) >= 11 is 0. The van der Waals surface area contributed by atoms with Crippen molar-refractivity contribution in [1.82, 2.24) is 0 Å². The summed E-state index contributed by atoms with van der Waals surface area (Å²) in [5.41, 5.74) is 0.681. The van der Waals surface area contributed by atoms with E-state index >= 15 is 0 Å². The van der Waals surface area contributed by atoms with Crippen LogP contribution in [-0.2, 0) is 14.4 Å². The van der Waals surface area contributed by atoms with Gasteiger partial charge in [-0.2, -0.15) is 0 Å². The quantitative estimate of drug-likeness (QED) is 0.325. The number of hydrogen-bond donors (Lipinski definition) is 0. The Morgan fingerprint density at radius 3 is 2.37 bits per heavy atom. The molecule has 0 atom stereocenters. The predicted octanol–water partition coefficient (Wildman–Crippen LogP) is 1.62. The number of methoxy groups -OCH3 is 2. The van der Waals surface area contributed by atoms with Gasteiger partial charge in [-0.25, -0.2) is 0 Å². The standard InChI is InChI=1S/C13H17NO5/c1-10(15)18-7-8-19-14-9-11-12(16-2)5-4-6-13(11)17-3/h4-6,9H,7-8H2,1-3H3/b14-9+. The zero-order chi connectivity index (χ0) is 14.1. The molecule has 1 aromatic carbocycles. The highest BCUT2D eigenvalue weighted by atomic mass is 16.6. The smallest absolute Gasteiger partial charge is 0.302 e. The van der Waals surface area contributed by atoms with E-state index in [1.807, 2.05) is 6.07 Å². The van der Waals surface area contributed by atoms with Crippen molar-refractivity contribution in [3.8, 4) is 11.5 Å². The first-order valence-electron chi connectivity index (χ1n) is 5.68. The van der Waals surface area contributed by atoms with Gasteiger partial charge in [-0.1, -0.05) is 11.2 Å². The topological polar surface area (TPSA) is 66.3 Å². The van der Waals surface area contributed by atoms with E-state index in [-0.39, 0.29) is 19.2 Å². The first-order chi connectivity index (χ1) is 9.19. The van der Waals surface area contributed by atoms with E-state index in [0.717, 1.165) is 0 Å². The molecule has 0 saturated heterocycles. The number of rotatable bonds is 7. The molecule has 0 N–H and O–H groups in total. The van der Waals surface area contributed by atoms with Gasteiger partial charge in [0.1, 0.15) is 18.1 Å². The highest BCUT2D eigenvalue weighted by Gasteiger charge is 2.06. The lowest BCUT2D eigenvalue weighted by atomic mass is 10.2. The van der Waals surface area contributed by atoms with Crippen molar-refractivity contribution in [2.75, 3.05) is 27.4 Å². The number of esters is 1. The molecule has 1 rings (SSSR count). The predicted molar refractivity (Wildman–Crippen MR) is 69.7 cm³/mol. The number of oxime groups is 1. The Hall–Kier alpha value is -2.24. The van der Waals surface area contributed by atoms with E-state index in [9.17, 15) is 4.79 Å². The molecule has 104 valence electrons. The van der Waals surface area contributed by atoms with Crippen LogP contribution in [0.2, 0.25) is 0 Å². The van der Waals surface area contributed by atoms with Crippen LogP contribution in [0.4, 0.5) is 0 Å². The van der Waals surface area contributed by atoms with Crippen molar-refractivity contribution < 1.29 is 23.8 Å². The molecule has 1 aromatic rings. The van der Waals surface area contributed by atoms with E-state index in [0.29, 0.717) is 17.1 Å². The molecule has 0 unspecified atom stereocenters. The van der Waals surface area contributed by atoms with Crippen LogP contribution in [0, 0.1) is 0 Å². The Balaban J connectivity index is 2.57. The third kappa shape index (κ3) is 4.87. The molecule has 0 aliphatic rings. The first-order valence-corrected chi connectivity index (χ1v) is 5.68. The lowest BCUT2D eigenvalue weighted by Gasteiger charge is -2.08. The van der Waals surface area contributed by atoms with Crippen LogP contribution in [-0.4, -0.2) is 39.6 Å². The summed E-state index contributed by atoms with van der Waals surface area (Å²) < 4.78 is 15.1. The molecule has 0 aliphatic heterocycles. The van der Waals surface area contributed by atoms with Crippen LogP contribution in [0.15, 0.2) is 23.4 Å².